The van der Waals surface area contributed by atoms with E-state index in [0.29, 0.717) is 17.8 Å². The zero-order valence-corrected chi connectivity index (χ0v) is 11.2. The fourth-order valence-corrected chi connectivity index (χ4v) is 2.06. The molecule has 0 aliphatic carbocycles. The quantitative estimate of drug-likeness (QED) is 0.846. The van der Waals surface area contributed by atoms with Gasteiger partial charge >= 0.3 is 7.12 Å². The molecule has 0 spiro atoms. The summed E-state index contributed by atoms with van der Waals surface area (Å²) >= 11 is 3.39. The molecule has 0 bridgehead atoms. The molecule has 0 saturated carbocycles. The van der Waals surface area contributed by atoms with Crippen molar-refractivity contribution in [1.82, 2.24) is 0 Å². The van der Waals surface area contributed by atoms with Crippen LogP contribution in [-0.2, 0) is 6.61 Å². The van der Waals surface area contributed by atoms with E-state index < -0.39 is 7.12 Å². The highest BCUT2D eigenvalue weighted by atomic mass is 79.9. The highest BCUT2D eigenvalue weighted by molar-refractivity contribution is 9.10. The maximum absolute atomic E-state index is 9.21. The molecule has 0 atom stereocenters. The van der Waals surface area contributed by atoms with Crippen LogP contribution in [0.1, 0.15) is 5.56 Å². The smallest absolute Gasteiger partial charge is 0.489 e. The highest BCUT2D eigenvalue weighted by Gasteiger charge is 2.16. The van der Waals surface area contributed by atoms with E-state index in [1.54, 1.807) is 24.3 Å². The van der Waals surface area contributed by atoms with Gasteiger partial charge in [0.05, 0.1) is 0 Å². The molecule has 0 aliphatic rings. The van der Waals surface area contributed by atoms with Crippen LogP contribution in [0, 0.1) is 0 Å². The van der Waals surface area contributed by atoms with E-state index in [1.165, 1.54) is 0 Å². The lowest BCUT2D eigenvalue weighted by Gasteiger charge is -2.11. The summed E-state index contributed by atoms with van der Waals surface area (Å²) in [6, 6.07) is 14.6. The van der Waals surface area contributed by atoms with Crippen LogP contribution < -0.4 is 10.2 Å². The Labute approximate surface area is 114 Å². The van der Waals surface area contributed by atoms with Gasteiger partial charge in [0.15, 0.2) is 0 Å². The van der Waals surface area contributed by atoms with Gasteiger partial charge in [0.25, 0.3) is 0 Å². The second kappa shape index (κ2) is 6.04. The number of ether oxygens (including phenoxy) is 1. The third-order valence-corrected chi connectivity index (χ3v) is 2.97. The average molecular weight is 307 g/mol. The molecule has 0 heterocycles. The first-order chi connectivity index (χ1) is 8.66. The predicted molar refractivity (Wildman–Crippen MR) is 74.7 cm³/mol. The van der Waals surface area contributed by atoms with E-state index >= 15 is 0 Å². The van der Waals surface area contributed by atoms with Crippen LogP contribution >= 0.6 is 15.9 Å². The molecular weight excluding hydrogens is 295 g/mol. The summed E-state index contributed by atoms with van der Waals surface area (Å²) in [6.07, 6.45) is 0. The van der Waals surface area contributed by atoms with Crippen LogP contribution in [0.3, 0.4) is 0 Å². The van der Waals surface area contributed by atoms with Crippen LogP contribution in [0.2, 0.25) is 0 Å². The highest BCUT2D eigenvalue weighted by Crippen LogP contribution is 2.14. The third kappa shape index (κ3) is 3.35. The summed E-state index contributed by atoms with van der Waals surface area (Å²) in [5.74, 6) is 0.479. The van der Waals surface area contributed by atoms with E-state index in [2.05, 4.69) is 15.9 Å². The summed E-state index contributed by atoms with van der Waals surface area (Å²) in [4.78, 5) is 0. The minimum Gasteiger partial charge on any atom is -0.489 e. The second-order valence-corrected chi connectivity index (χ2v) is 4.75. The fourth-order valence-electron chi connectivity index (χ4n) is 1.61. The average Bonchev–Trinajstić information content (AvgIpc) is 2.37. The van der Waals surface area contributed by atoms with Crippen molar-refractivity contribution >= 4 is 28.5 Å². The van der Waals surface area contributed by atoms with Gasteiger partial charge in [0, 0.05) is 9.94 Å². The lowest BCUT2D eigenvalue weighted by Crippen LogP contribution is -2.31. The molecule has 2 aromatic carbocycles. The molecule has 0 radical (unpaired) electrons. The summed E-state index contributed by atoms with van der Waals surface area (Å²) < 4.78 is 6.58. The Morgan fingerprint density at radius 2 is 1.83 bits per heavy atom. The molecule has 0 saturated heterocycles. The van der Waals surface area contributed by atoms with Crippen LogP contribution in [0.25, 0.3) is 0 Å². The Kier molecular flexibility index (Phi) is 4.41. The maximum atomic E-state index is 9.21. The number of halogens is 1. The molecule has 2 aromatic rings. The first-order valence-corrected chi connectivity index (χ1v) is 6.28. The van der Waals surface area contributed by atoms with Crippen LogP contribution in [-0.4, -0.2) is 17.2 Å². The largest absolute Gasteiger partial charge is 0.492 e. The van der Waals surface area contributed by atoms with E-state index in [-0.39, 0.29) is 0 Å². The number of hydrogen-bond donors (Lipinski definition) is 2. The first-order valence-electron chi connectivity index (χ1n) is 5.49. The maximum Gasteiger partial charge on any atom is 0.492 e. The van der Waals surface area contributed by atoms with Gasteiger partial charge in [-0.15, -0.1) is 0 Å². The van der Waals surface area contributed by atoms with Crippen LogP contribution in [0.5, 0.6) is 5.75 Å². The summed E-state index contributed by atoms with van der Waals surface area (Å²) in [7, 11) is -1.52. The summed E-state index contributed by atoms with van der Waals surface area (Å²) in [6.45, 7) is 0.378. The van der Waals surface area contributed by atoms with Crippen molar-refractivity contribution in [3.05, 3.63) is 58.6 Å². The molecule has 18 heavy (non-hydrogen) atoms. The van der Waals surface area contributed by atoms with Crippen molar-refractivity contribution in [2.75, 3.05) is 0 Å². The molecule has 2 N–H and O–H groups in total. The van der Waals surface area contributed by atoms with Gasteiger partial charge in [-0.2, -0.15) is 0 Å². The van der Waals surface area contributed by atoms with Gasteiger partial charge in [-0.25, -0.2) is 0 Å². The molecule has 3 nitrogen and oxygen atoms in total. The molecule has 0 aromatic heterocycles. The molecule has 0 aliphatic heterocycles. The van der Waals surface area contributed by atoms with Gasteiger partial charge in [-0.3, -0.25) is 0 Å². The monoisotopic (exact) mass is 306 g/mol. The van der Waals surface area contributed by atoms with Crippen LogP contribution in [0.4, 0.5) is 0 Å². The van der Waals surface area contributed by atoms with Crippen LogP contribution in [0.15, 0.2) is 53.0 Å². The molecular formula is C13H12BBrO3. The van der Waals surface area contributed by atoms with Crippen molar-refractivity contribution in [3.8, 4) is 5.75 Å². The molecule has 0 unspecified atom stereocenters. The molecule has 2 rings (SSSR count). The van der Waals surface area contributed by atoms with E-state index in [1.807, 2.05) is 24.3 Å². The van der Waals surface area contributed by atoms with E-state index in [9.17, 15) is 10.0 Å². The molecule has 0 fully saturated rings. The Morgan fingerprint density at radius 1 is 1.06 bits per heavy atom. The van der Waals surface area contributed by atoms with Crippen molar-refractivity contribution in [3.63, 3.8) is 0 Å². The zero-order chi connectivity index (χ0) is 13.0. The van der Waals surface area contributed by atoms with Gasteiger partial charge in [0.2, 0.25) is 0 Å². The van der Waals surface area contributed by atoms with E-state index in [4.69, 9.17) is 4.74 Å². The Balaban J connectivity index is 2.11. The lowest BCUT2D eigenvalue weighted by molar-refractivity contribution is 0.306. The Morgan fingerprint density at radius 3 is 2.56 bits per heavy atom. The topological polar surface area (TPSA) is 49.7 Å². The van der Waals surface area contributed by atoms with Crippen molar-refractivity contribution in [2.24, 2.45) is 0 Å². The minimum atomic E-state index is -1.52. The van der Waals surface area contributed by atoms with Crippen molar-refractivity contribution in [1.29, 1.82) is 0 Å². The lowest BCUT2D eigenvalue weighted by atomic mass is 9.79. The zero-order valence-electron chi connectivity index (χ0n) is 9.58. The fraction of sp³-hybridized carbons (Fsp3) is 0.0769. The minimum absolute atomic E-state index is 0.368. The van der Waals surface area contributed by atoms with Gasteiger partial charge in [-0.1, -0.05) is 46.3 Å². The predicted octanol–water partition coefficient (Wildman–Crippen LogP) is 1.71. The third-order valence-electron chi connectivity index (χ3n) is 2.48. The van der Waals surface area contributed by atoms with Crippen molar-refractivity contribution < 1.29 is 14.8 Å². The SMILES string of the molecule is OB(O)c1ccccc1OCc1cccc(Br)c1. The molecule has 5 heteroatoms. The Bertz CT molecular complexity index is 531. The Hall–Kier alpha value is -1.30. The second-order valence-electron chi connectivity index (χ2n) is 3.83. The number of hydrogen-bond acceptors (Lipinski definition) is 3. The first kappa shape index (κ1) is 13.1. The van der Waals surface area contributed by atoms with Crippen molar-refractivity contribution in [2.45, 2.75) is 6.61 Å². The number of para-hydroxylation sites is 1. The van der Waals surface area contributed by atoms with Gasteiger partial charge < -0.3 is 14.8 Å². The normalized spacial score (nSPS) is 10.2. The standard InChI is InChI=1S/C13H12BBrO3/c15-11-5-3-4-10(8-11)9-18-13-7-2-1-6-12(13)14(16)17/h1-8,16-17H,9H2. The van der Waals surface area contributed by atoms with Gasteiger partial charge in [0.1, 0.15) is 12.4 Å². The number of benzene rings is 2. The summed E-state index contributed by atoms with van der Waals surface area (Å²) in [5, 5.41) is 18.4. The summed E-state index contributed by atoms with van der Waals surface area (Å²) in [5.41, 5.74) is 1.37. The van der Waals surface area contributed by atoms with Gasteiger partial charge in [-0.05, 0) is 23.8 Å². The van der Waals surface area contributed by atoms with E-state index in [0.717, 1.165) is 10.0 Å². The molecule has 92 valence electrons. The molecule has 0 amide bonds. The number of rotatable bonds is 4.